The third-order valence-electron chi connectivity index (χ3n) is 5.24. The van der Waals surface area contributed by atoms with Crippen molar-refractivity contribution in [2.75, 3.05) is 38.2 Å². The monoisotopic (exact) mass is 348 g/mol. The molecule has 1 aromatic rings. The Morgan fingerprint density at radius 1 is 1.28 bits per heavy atom. The second-order valence-corrected chi connectivity index (χ2v) is 7.01. The van der Waals surface area contributed by atoms with Crippen molar-refractivity contribution in [3.8, 4) is 0 Å². The molecule has 3 heterocycles. The molecule has 0 aromatic carbocycles. The molecule has 2 saturated heterocycles. The van der Waals surface area contributed by atoms with E-state index in [0.717, 1.165) is 32.4 Å². The van der Waals surface area contributed by atoms with Gasteiger partial charge in [0.1, 0.15) is 0 Å². The highest BCUT2D eigenvalue weighted by Crippen LogP contribution is 2.40. The lowest BCUT2D eigenvalue weighted by molar-refractivity contribution is -0.137. The van der Waals surface area contributed by atoms with Gasteiger partial charge in [-0.05, 0) is 24.7 Å². The van der Waals surface area contributed by atoms with Gasteiger partial charge in [0.05, 0.1) is 18.8 Å². The number of hydrogen-bond donors (Lipinski definition) is 1. The normalized spacial score (nSPS) is 22.8. The van der Waals surface area contributed by atoms with Crippen molar-refractivity contribution < 1.29 is 19.4 Å². The third kappa shape index (κ3) is 3.73. The minimum Gasteiger partial charge on any atom is -0.465 e. The number of carbonyl (C=O) groups excluding carboxylic acids is 2. The van der Waals surface area contributed by atoms with E-state index in [1.807, 2.05) is 0 Å². The molecule has 2 aliphatic rings. The van der Waals surface area contributed by atoms with Crippen LogP contribution in [0.3, 0.4) is 0 Å². The first-order valence-electron chi connectivity index (χ1n) is 8.51. The molecule has 0 bridgehead atoms. The molecule has 3 rings (SSSR count). The molecule has 1 unspecified atom stereocenters. The lowest BCUT2D eigenvalue weighted by Gasteiger charge is -2.49. The lowest BCUT2D eigenvalue weighted by atomic mass is 9.71. The summed E-state index contributed by atoms with van der Waals surface area (Å²) in [4.78, 5) is 35.5. The van der Waals surface area contributed by atoms with E-state index in [9.17, 15) is 14.7 Å². The topological polar surface area (TPSA) is 95.9 Å². The van der Waals surface area contributed by atoms with E-state index in [2.05, 4.69) is 19.6 Å². The van der Waals surface area contributed by atoms with Crippen molar-refractivity contribution in [3.05, 3.63) is 18.0 Å². The highest BCUT2D eigenvalue weighted by Gasteiger charge is 2.42. The number of aliphatic hydroxyl groups excluding tert-OH is 1. The van der Waals surface area contributed by atoms with Gasteiger partial charge in [-0.15, -0.1) is 0 Å². The zero-order valence-electron chi connectivity index (χ0n) is 14.6. The molecule has 2 aliphatic heterocycles. The molecule has 0 radical (unpaired) electrons. The number of esters is 1. The number of aliphatic hydroxyl groups is 1. The van der Waals surface area contributed by atoms with Crippen LogP contribution in [0.1, 0.15) is 36.5 Å². The summed E-state index contributed by atoms with van der Waals surface area (Å²) in [6, 6.07) is 0. The van der Waals surface area contributed by atoms with Gasteiger partial charge in [0.15, 0.2) is 0 Å². The molecule has 136 valence electrons. The fourth-order valence-corrected chi connectivity index (χ4v) is 3.84. The van der Waals surface area contributed by atoms with Crippen LogP contribution in [0.15, 0.2) is 12.4 Å². The van der Waals surface area contributed by atoms with Crippen LogP contribution in [0.5, 0.6) is 0 Å². The van der Waals surface area contributed by atoms with E-state index >= 15 is 0 Å². The Labute approximate surface area is 146 Å². The van der Waals surface area contributed by atoms with Gasteiger partial charge in [0.2, 0.25) is 11.9 Å². The smallest absolute Gasteiger partial charge is 0.341 e. The number of likely N-dealkylation sites (tertiary alicyclic amines) is 1. The van der Waals surface area contributed by atoms with E-state index in [1.165, 1.54) is 19.5 Å². The van der Waals surface area contributed by atoms with Crippen LogP contribution in [0, 0.1) is 5.41 Å². The average Bonchev–Trinajstić information content (AvgIpc) is 2.61. The summed E-state index contributed by atoms with van der Waals surface area (Å²) in [6.07, 6.45) is 4.96. The summed E-state index contributed by atoms with van der Waals surface area (Å²) in [7, 11) is 1.32. The summed E-state index contributed by atoms with van der Waals surface area (Å²) in [5.74, 6) is 0.147. The van der Waals surface area contributed by atoms with Crippen molar-refractivity contribution >= 4 is 17.8 Å². The van der Waals surface area contributed by atoms with E-state index in [-0.39, 0.29) is 11.3 Å². The SMILES string of the molecule is COC(=O)c1cnc(N2CCC3(CC2)CC(O)CN(C(C)=O)C3)nc1. The van der Waals surface area contributed by atoms with E-state index in [4.69, 9.17) is 0 Å². The maximum absolute atomic E-state index is 11.7. The highest BCUT2D eigenvalue weighted by molar-refractivity contribution is 5.88. The molecule has 0 saturated carbocycles. The molecular formula is C17H24N4O4. The summed E-state index contributed by atoms with van der Waals surface area (Å²) < 4.78 is 4.65. The molecule has 25 heavy (non-hydrogen) atoms. The van der Waals surface area contributed by atoms with Gasteiger partial charge in [-0.1, -0.05) is 0 Å². The number of methoxy groups -OCH3 is 1. The number of aromatic nitrogens is 2. The van der Waals surface area contributed by atoms with Crippen molar-refractivity contribution in [2.24, 2.45) is 5.41 Å². The minimum atomic E-state index is -0.459. The third-order valence-corrected chi connectivity index (χ3v) is 5.24. The van der Waals surface area contributed by atoms with Gasteiger partial charge >= 0.3 is 5.97 Å². The van der Waals surface area contributed by atoms with Crippen LogP contribution in [0.4, 0.5) is 5.95 Å². The molecule has 1 amide bonds. The highest BCUT2D eigenvalue weighted by atomic mass is 16.5. The number of anilines is 1. The largest absolute Gasteiger partial charge is 0.465 e. The van der Waals surface area contributed by atoms with E-state index in [1.54, 1.807) is 11.8 Å². The Bertz CT molecular complexity index is 641. The Morgan fingerprint density at radius 3 is 2.48 bits per heavy atom. The van der Waals surface area contributed by atoms with Gasteiger partial charge < -0.3 is 19.6 Å². The van der Waals surface area contributed by atoms with Crippen molar-refractivity contribution in [1.82, 2.24) is 14.9 Å². The van der Waals surface area contributed by atoms with Crippen LogP contribution in [0.25, 0.3) is 0 Å². The molecule has 8 heteroatoms. The fraction of sp³-hybridized carbons (Fsp3) is 0.647. The first kappa shape index (κ1) is 17.6. The average molecular weight is 348 g/mol. The van der Waals surface area contributed by atoms with E-state index < -0.39 is 12.1 Å². The molecule has 1 spiro atoms. The Hall–Kier alpha value is -2.22. The summed E-state index contributed by atoms with van der Waals surface area (Å²) >= 11 is 0. The standard InChI is InChI=1S/C17H24N4O4/c1-12(22)21-10-14(23)7-17(11-21)3-5-20(6-4-17)16-18-8-13(9-19-16)15(24)25-2/h8-9,14,23H,3-7,10-11H2,1-2H3. The number of β-amino-alcohol motifs (C(OH)–C–C–N with tert-alkyl or cyclic N) is 1. The Morgan fingerprint density at radius 2 is 1.92 bits per heavy atom. The first-order chi connectivity index (χ1) is 11.9. The number of nitrogens with zero attached hydrogens (tertiary/aromatic N) is 4. The first-order valence-corrected chi connectivity index (χ1v) is 8.51. The molecule has 2 fully saturated rings. The molecular weight excluding hydrogens is 324 g/mol. The van der Waals surface area contributed by atoms with Crippen LogP contribution in [-0.4, -0.2) is 71.2 Å². The minimum absolute atomic E-state index is 0.0160. The van der Waals surface area contributed by atoms with Crippen LogP contribution in [0.2, 0.25) is 0 Å². The summed E-state index contributed by atoms with van der Waals surface area (Å²) in [5.41, 5.74) is 0.290. The molecule has 1 aromatic heterocycles. The van der Waals surface area contributed by atoms with Gasteiger partial charge in [0, 0.05) is 45.5 Å². The maximum atomic E-state index is 11.7. The van der Waals surface area contributed by atoms with E-state index in [0.29, 0.717) is 24.6 Å². The Balaban J connectivity index is 1.65. The number of amides is 1. The number of hydrogen-bond acceptors (Lipinski definition) is 7. The fourth-order valence-electron chi connectivity index (χ4n) is 3.84. The summed E-state index contributed by atoms with van der Waals surface area (Å²) in [6.45, 7) is 4.21. The van der Waals surface area contributed by atoms with Gasteiger partial charge in [-0.2, -0.15) is 0 Å². The summed E-state index contributed by atoms with van der Waals surface area (Å²) in [5, 5.41) is 10.2. The Kier molecular flexibility index (Phi) is 4.89. The number of carbonyl (C=O) groups is 2. The molecule has 8 nitrogen and oxygen atoms in total. The molecule has 0 aliphatic carbocycles. The maximum Gasteiger partial charge on any atom is 0.341 e. The predicted octanol–water partition coefficient (Wildman–Crippen LogP) is 0.463. The second-order valence-electron chi connectivity index (χ2n) is 7.01. The number of ether oxygens (including phenoxy) is 1. The predicted molar refractivity (Wildman–Crippen MR) is 90.1 cm³/mol. The zero-order chi connectivity index (χ0) is 18.0. The number of rotatable bonds is 2. The van der Waals surface area contributed by atoms with Crippen LogP contribution in [-0.2, 0) is 9.53 Å². The molecule has 1 N–H and O–H groups in total. The number of piperidine rings is 2. The molecule has 1 atom stereocenters. The van der Waals surface area contributed by atoms with Crippen LogP contribution < -0.4 is 4.90 Å². The van der Waals surface area contributed by atoms with Gasteiger partial charge in [-0.25, -0.2) is 14.8 Å². The lowest BCUT2D eigenvalue weighted by Crippen LogP contribution is -2.55. The second kappa shape index (κ2) is 6.95. The van der Waals surface area contributed by atoms with Crippen LogP contribution >= 0.6 is 0 Å². The van der Waals surface area contributed by atoms with Crippen molar-refractivity contribution in [1.29, 1.82) is 0 Å². The zero-order valence-corrected chi connectivity index (χ0v) is 14.6. The van der Waals surface area contributed by atoms with Gasteiger partial charge in [-0.3, -0.25) is 4.79 Å². The van der Waals surface area contributed by atoms with Crippen molar-refractivity contribution in [2.45, 2.75) is 32.3 Å². The van der Waals surface area contributed by atoms with Crippen molar-refractivity contribution in [3.63, 3.8) is 0 Å². The quantitative estimate of drug-likeness (QED) is 0.776. The van der Waals surface area contributed by atoms with Gasteiger partial charge in [0.25, 0.3) is 0 Å².